The van der Waals surface area contributed by atoms with Gasteiger partial charge in [0.05, 0.1) is 46.2 Å². The molecule has 0 bridgehead atoms. The average Bonchev–Trinajstić information content (AvgIpc) is 2.83. The van der Waals surface area contributed by atoms with E-state index in [1.54, 1.807) is 0 Å². The fourth-order valence-corrected chi connectivity index (χ4v) is 2.20. The van der Waals surface area contributed by atoms with Crippen LogP contribution in [0.25, 0.3) is 0 Å². The largest absolute Gasteiger partial charge is 0.491 e. The van der Waals surface area contributed by atoms with Crippen LogP contribution in [-0.2, 0) is 6.42 Å². The summed E-state index contributed by atoms with van der Waals surface area (Å²) in [5, 5.41) is 54.4. The van der Waals surface area contributed by atoms with E-state index >= 15 is 0 Å². The number of hydrogen-bond acceptors (Lipinski definition) is 8. The fraction of sp³-hybridized carbons (Fsp3) is 0.739. The molecular formula is C23H46O8. The topological polar surface area (TPSA) is 151 Å². The monoisotopic (exact) mass is 450 g/mol. The number of hydrogen-bond donors (Lipinski definition) is 7. The van der Waals surface area contributed by atoms with Crippen LogP contribution >= 0.6 is 0 Å². The van der Waals surface area contributed by atoms with E-state index in [9.17, 15) is 0 Å². The molecule has 0 heterocycles. The van der Waals surface area contributed by atoms with Gasteiger partial charge in [0.2, 0.25) is 0 Å². The Morgan fingerprint density at radius 3 is 1.35 bits per heavy atom. The Labute approximate surface area is 187 Å². The molecular weight excluding hydrogens is 404 g/mol. The second-order valence-corrected chi connectivity index (χ2v) is 6.43. The van der Waals surface area contributed by atoms with Crippen molar-refractivity contribution in [1.82, 2.24) is 0 Å². The van der Waals surface area contributed by atoms with Crippen LogP contribution in [-0.4, -0.2) is 88.6 Å². The number of aliphatic hydroxyl groups excluding tert-OH is 7. The highest BCUT2D eigenvalue weighted by Gasteiger charge is 1.96. The normalized spacial score (nSPS) is 9.42. The minimum absolute atomic E-state index is 0.0692. The lowest BCUT2D eigenvalue weighted by molar-refractivity contribution is 0.186. The number of rotatable bonds is 14. The first-order valence-corrected chi connectivity index (χ1v) is 11.1. The van der Waals surface area contributed by atoms with Gasteiger partial charge in [0.1, 0.15) is 12.4 Å². The van der Waals surface area contributed by atoms with E-state index in [1.165, 1.54) is 50.5 Å². The average molecular weight is 451 g/mol. The first-order valence-electron chi connectivity index (χ1n) is 11.1. The van der Waals surface area contributed by atoms with Gasteiger partial charge in [0.25, 0.3) is 0 Å². The zero-order valence-corrected chi connectivity index (χ0v) is 19.2. The Hall–Kier alpha value is -1.26. The lowest BCUT2D eigenvalue weighted by Crippen LogP contribution is -2.01. The van der Waals surface area contributed by atoms with Gasteiger partial charge in [-0.3, -0.25) is 0 Å². The Bertz CT molecular complexity index is 386. The van der Waals surface area contributed by atoms with Crippen molar-refractivity contribution in [3.05, 3.63) is 29.8 Å². The number of aryl methyl sites for hydroxylation is 1. The summed E-state index contributed by atoms with van der Waals surface area (Å²) in [7, 11) is 0. The molecule has 1 aromatic carbocycles. The molecule has 0 radical (unpaired) electrons. The van der Waals surface area contributed by atoms with Crippen LogP contribution in [0, 0.1) is 0 Å². The number of benzene rings is 1. The summed E-state index contributed by atoms with van der Waals surface area (Å²) in [4.78, 5) is 0. The van der Waals surface area contributed by atoms with Crippen molar-refractivity contribution in [3.63, 3.8) is 0 Å². The first-order chi connectivity index (χ1) is 15.1. The maximum atomic E-state index is 8.68. The summed E-state index contributed by atoms with van der Waals surface area (Å²) in [5.41, 5.74) is 1.38. The van der Waals surface area contributed by atoms with Gasteiger partial charge in [0, 0.05) is 0 Å². The first kappa shape index (κ1) is 34.4. The predicted molar refractivity (Wildman–Crippen MR) is 123 cm³/mol. The fourth-order valence-electron chi connectivity index (χ4n) is 2.20. The lowest BCUT2D eigenvalue weighted by Gasteiger charge is -2.06. The molecule has 0 aliphatic heterocycles. The second kappa shape index (κ2) is 33.4. The van der Waals surface area contributed by atoms with Crippen molar-refractivity contribution >= 4 is 0 Å². The van der Waals surface area contributed by atoms with Crippen LogP contribution in [0.15, 0.2) is 24.3 Å². The Morgan fingerprint density at radius 2 is 0.968 bits per heavy atom. The standard InChI is InChI=1S/C17H28O2.3C2H6O2/c1-2-3-4-5-6-7-8-9-16-10-12-17(13-11-16)19-15-14-18;3*3-1-2-4/h10-13,18H,2-9,14-15H2,1H3;3*3-4H,1-2H2. The van der Waals surface area contributed by atoms with Crippen molar-refractivity contribution in [2.45, 2.75) is 58.3 Å². The van der Waals surface area contributed by atoms with Crippen LogP contribution in [0.4, 0.5) is 0 Å². The second-order valence-electron chi connectivity index (χ2n) is 6.43. The third-order valence-electron chi connectivity index (χ3n) is 3.65. The van der Waals surface area contributed by atoms with Crippen LogP contribution in [0.2, 0.25) is 0 Å². The van der Waals surface area contributed by atoms with E-state index in [-0.39, 0.29) is 46.2 Å². The van der Waals surface area contributed by atoms with Crippen molar-refractivity contribution in [2.75, 3.05) is 52.9 Å². The molecule has 0 amide bonds. The molecule has 186 valence electrons. The van der Waals surface area contributed by atoms with E-state index in [4.69, 9.17) is 40.5 Å². The van der Waals surface area contributed by atoms with Crippen LogP contribution in [0.1, 0.15) is 57.4 Å². The van der Waals surface area contributed by atoms with E-state index < -0.39 is 0 Å². The lowest BCUT2D eigenvalue weighted by atomic mass is 10.0. The van der Waals surface area contributed by atoms with Gasteiger partial charge in [-0.15, -0.1) is 0 Å². The summed E-state index contributed by atoms with van der Waals surface area (Å²) in [6, 6.07) is 8.24. The highest BCUT2D eigenvalue weighted by molar-refractivity contribution is 5.27. The van der Waals surface area contributed by atoms with Crippen LogP contribution < -0.4 is 4.74 Å². The summed E-state index contributed by atoms with van der Waals surface area (Å²) in [6.07, 6.45) is 10.6. The van der Waals surface area contributed by atoms with Gasteiger partial charge in [-0.1, -0.05) is 57.6 Å². The van der Waals surface area contributed by atoms with Crippen LogP contribution in [0.5, 0.6) is 5.75 Å². The van der Waals surface area contributed by atoms with Gasteiger partial charge in [-0.2, -0.15) is 0 Å². The zero-order chi connectivity index (χ0) is 24.0. The summed E-state index contributed by atoms with van der Waals surface area (Å²) >= 11 is 0. The van der Waals surface area contributed by atoms with Crippen molar-refractivity contribution in [2.24, 2.45) is 0 Å². The molecule has 31 heavy (non-hydrogen) atoms. The number of ether oxygens (including phenoxy) is 1. The molecule has 8 nitrogen and oxygen atoms in total. The molecule has 0 spiro atoms. The number of aliphatic hydroxyl groups is 7. The van der Waals surface area contributed by atoms with E-state index in [0.29, 0.717) is 6.61 Å². The van der Waals surface area contributed by atoms with Crippen molar-refractivity contribution in [1.29, 1.82) is 0 Å². The van der Waals surface area contributed by atoms with Gasteiger partial charge in [0.15, 0.2) is 0 Å². The molecule has 0 unspecified atom stereocenters. The predicted octanol–water partition coefficient (Wildman–Crippen LogP) is 1.26. The Balaban J connectivity index is -0.000000537. The van der Waals surface area contributed by atoms with Crippen LogP contribution in [0.3, 0.4) is 0 Å². The van der Waals surface area contributed by atoms with Gasteiger partial charge < -0.3 is 40.5 Å². The zero-order valence-electron chi connectivity index (χ0n) is 19.2. The molecule has 0 atom stereocenters. The molecule has 0 fully saturated rings. The molecule has 0 aromatic heterocycles. The van der Waals surface area contributed by atoms with E-state index in [1.807, 2.05) is 12.1 Å². The molecule has 1 aromatic rings. The van der Waals surface area contributed by atoms with Crippen molar-refractivity contribution < 1.29 is 40.5 Å². The molecule has 0 saturated heterocycles. The van der Waals surface area contributed by atoms with Gasteiger partial charge in [-0.05, 0) is 30.5 Å². The maximum absolute atomic E-state index is 8.68. The summed E-state index contributed by atoms with van der Waals surface area (Å²) in [5.74, 6) is 0.845. The quantitative estimate of drug-likeness (QED) is 0.209. The molecule has 7 N–H and O–H groups in total. The molecule has 0 aliphatic carbocycles. The van der Waals surface area contributed by atoms with E-state index in [0.717, 1.165) is 12.2 Å². The third kappa shape index (κ3) is 33.6. The van der Waals surface area contributed by atoms with Crippen molar-refractivity contribution in [3.8, 4) is 5.75 Å². The molecule has 0 saturated carbocycles. The summed E-state index contributed by atoms with van der Waals surface area (Å²) in [6.45, 7) is 1.95. The molecule has 1 rings (SSSR count). The molecule has 8 heteroatoms. The maximum Gasteiger partial charge on any atom is 0.119 e. The smallest absolute Gasteiger partial charge is 0.119 e. The third-order valence-corrected chi connectivity index (χ3v) is 3.65. The Kier molecular flexibility index (Phi) is 37.0. The minimum atomic E-state index is -0.125. The SMILES string of the molecule is CCCCCCCCCc1ccc(OCCO)cc1.OCCO.OCCO.OCCO. The number of unbranched alkanes of at least 4 members (excludes halogenated alkanes) is 6. The Morgan fingerprint density at radius 1 is 0.548 bits per heavy atom. The van der Waals surface area contributed by atoms with Gasteiger partial charge in [-0.25, -0.2) is 0 Å². The minimum Gasteiger partial charge on any atom is -0.491 e. The molecule has 0 aliphatic rings. The highest BCUT2D eigenvalue weighted by Crippen LogP contribution is 2.15. The summed E-state index contributed by atoms with van der Waals surface area (Å²) < 4.78 is 5.34. The van der Waals surface area contributed by atoms with E-state index in [2.05, 4.69) is 19.1 Å². The highest BCUT2D eigenvalue weighted by atomic mass is 16.5. The van der Waals surface area contributed by atoms with Gasteiger partial charge >= 0.3 is 0 Å².